The molecule has 5 heteroatoms. The SMILES string of the molecule is O=C(NCCNC(=O)c1c[nH]c2ccccc12)c1ccc(-c2ccccc2)cc1. The van der Waals surface area contributed by atoms with Crippen LogP contribution < -0.4 is 10.6 Å². The number of aromatic amines is 1. The Morgan fingerprint density at radius 3 is 2.07 bits per heavy atom. The highest BCUT2D eigenvalue weighted by molar-refractivity contribution is 6.06. The van der Waals surface area contributed by atoms with Gasteiger partial charge in [0.2, 0.25) is 0 Å². The van der Waals surface area contributed by atoms with Crippen molar-refractivity contribution in [1.82, 2.24) is 15.6 Å². The number of fused-ring (bicyclic) bond motifs is 1. The predicted octanol–water partition coefficient (Wildman–Crippen LogP) is 3.99. The molecule has 1 heterocycles. The third-order valence-corrected chi connectivity index (χ3v) is 4.78. The Morgan fingerprint density at radius 1 is 0.690 bits per heavy atom. The van der Waals surface area contributed by atoms with E-state index in [0.717, 1.165) is 22.0 Å². The first-order valence-electron chi connectivity index (χ1n) is 9.50. The Kier molecular flexibility index (Phi) is 5.38. The first-order chi connectivity index (χ1) is 14.2. The molecule has 4 rings (SSSR count). The molecule has 1 aromatic heterocycles. The third-order valence-electron chi connectivity index (χ3n) is 4.78. The molecule has 0 aliphatic heterocycles. The standard InChI is InChI=1S/C24H21N3O2/c28-23(19-12-10-18(11-13-19)17-6-2-1-3-7-17)25-14-15-26-24(29)21-16-27-22-9-5-4-8-20(21)22/h1-13,16,27H,14-15H2,(H,25,28)(H,26,29). The molecular weight excluding hydrogens is 362 g/mol. The third kappa shape index (κ3) is 4.19. The molecular formula is C24H21N3O2. The summed E-state index contributed by atoms with van der Waals surface area (Å²) in [6.45, 7) is 0.708. The van der Waals surface area contributed by atoms with E-state index in [1.807, 2.05) is 78.9 Å². The van der Waals surface area contributed by atoms with E-state index < -0.39 is 0 Å². The Morgan fingerprint density at radius 2 is 1.31 bits per heavy atom. The van der Waals surface area contributed by atoms with Crippen LogP contribution in [0.15, 0.2) is 85.1 Å². The van der Waals surface area contributed by atoms with Crippen LogP contribution in [-0.4, -0.2) is 29.9 Å². The minimum Gasteiger partial charge on any atom is -0.360 e. The monoisotopic (exact) mass is 383 g/mol. The van der Waals surface area contributed by atoms with Crippen LogP contribution in [-0.2, 0) is 0 Å². The largest absolute Gasteiger partial charge is 0.360 e. The van der Waals surface area contributed by atoms with Gasteiger partial charge in [0.1, 0.15) is 0 Å². The number of H-pyrrole nitrogens is 1. The molecule has 0 saturated carbocycles. The number of amides is 2. The van der Waals surface area contributed by atoms with Crippen LogP contribution in [0, 0.1) is 0 Å². The van der Waals surface area contributed by atoms with Crippen molar-refractivity contribution in [2.24, 2.45) is 0 Å². The smallest absolute Gasteiger partial charge is 0.253 e. The quantitative estimate of drug-likeness (QED) is 0.440. The zero-order valence-electron chi connectivity index (χ0n) is 15.8. The summed E-state index contributed by atoms with van der Waals surface area (Å²) in [4.78, 5) is 27.8. The lowest BCUT2D eigenvalue weighted by Crippen LogP contribution is -2.34. The van der Waals surface area contributed by atoms with Gasteiger partial charge in [-0.05, 0) is 29.3 Å². The molecule has 0 aliphatic carbocycles. The van der Waals surface area contributed by atoms with E-state index in [9.17, 15) is 9.59 Å². The van der Waals surface area contributed by atoms with E-state index in [1.54, 1.807) is 6.20 Å². The maximum absolute atomic E-state index is 12.4. The Hall–Kier alpha value is -3.86. The van der Waals surface area contributed by atoms with Gasteiger partial charge >= 0.3 is 0 Å². The molecule has 4 aromatic rings. The maximum atomic E-state index is 12.4. The van der Waals surface area contributed by atoms with Crippen LogP contribution in [0.2, 0.25) is 0 Å². The second-order valence-corrected chi connectivity index (χ2v) is 6.70. The lowest BCUT2D eigenvalue weighted by molar-refractivity contribution is 0.0928. The Balaban J connectivity index is 1.28. The van der Waals surface area contributed by atoms with E-state index in [2.05, 4.69) is 15.6 Å². The van der Waals surface area contributed by atoms with Gasteiger partial charge in [-0.3, -0.25) is 9.59 Å². The van der Waals surface area contributed by atoms with Gasteiger partial charge < -0.3 is 15.6 Å². The van der Waals surface area contributed by atoms with Gasteiger partial charge in [-0.25, -0.2) is 0 Å². The number of para-hydroxylation sites is 1. The van der Waals surface area contributed by atoms with E-state index in [1.165, 1.54) is 0 Å². The molecule has 0 saturated heterocycles. The number of aromatic nitrogens is 1. The predicted molar refractivity (Wildman–Crippen MR) is 115 cm³/mol. The van der Waals surface area contributed by atoms with Crippen molar-refractivity contribution < 1.29 is 9.59 Å². The van der Waals surface area contributed by atoms with Gasteiger partial charge in [-0.1, -0.05) is 60.7 Å². The molecule has 0 unspecified atom stereocenters. The lowest BCUT2D eigenvalue weighted by atomic mass is 10.0. The molecule has 3 N–H and O–H groups in total. The average Bonchev–Trinajstić information content (AvgIpc) is 3.21. The van der Waals surface area contributed by atoms with E-state index in [0.29, 0.717) is 24.2 Å². The van der Waals surface area contributed by atoms with Crippen LogP contribution in [0.4, 0.5) is 0 Å². The van der Waals surface area contributed by atoms with Gasteiger partial charge in [0.25, 0.3) is 11.8 Å². The summed E-state index contributed by atoms with van der Waals surface area (Å²) < 4.78 is 0. The van der Waals surface area contributed by atoms with Gasteiger partial charge in [-0.2, -0.15) is 0 Å². The summed E-state index contributed by atoms with van der Waals surface area (Å²) in [5, 5.41) is 6.56. The van der Waals surface area contributed by atoms with E-state index in [4.69, 9.17) is 0 Å². The van der Waals surface area contributed by atoms with Crippen molar-refractivity contribution in [1.29, 1.82) is 0 Å². The van der Waals surface area contributed by atoms with Crippen molar-refractivity contribution in [2.45, 2.75) is 0 Å². The number of carbonyl (C=O) groups excluding carboxylic acids is 2. The molecule has 0 bridgehead atoms. The maximum Gasteiger partial charge on any atom is 0.253 e. The minimum absolute atomic E-state index is 0.161. The summed E-state index contributed by atoms with van der Waals surface area (Å²) >= 11 is 0. The van der Waals surface area contributed by atoms with Gasteiger partial charge in [0.05, 0.1) is 5.56 Å². The van der Waals surface area contributed by atoms with Crippen molar-refractivity contribution in [3.63, 3.8) is 0 Å². The first-order valence-corrected chi connectivity index (χ1v) is 9.50. The number of hydrogen-bond acceptors (Lipinski definition) is 2. The fourth-order valence-corrected chi connectivity index (χ4v) is 3.25. The van der Waals surface area contributed by atoms with Crippen molar-refractivity contribution in [3.05, 3.63) is 96.2 Å². The van der Waals surface area contributed by atoms with E-state index in [-0.39, 0.29) is 11.8 Å². The molecule has 2 amide bonds. The molecule has 0 radical (unpaired) electrons. The van der Waals surface area contributed by atoms with Gasteiger partial charge in [-0.15, -0.1) is 0 Å². The van der Waals surface area contributed by atoms with Crippen LogP contribution in [0.5, 0.6) is 0 Å². The summed E-state index contributed by atoms with van der Waals surface area (Å²) in [6.07, 6.45) is 1.70. The summed E-state index contributed by atoms with van der Waals surface area (Å²) in [5.74, 6) is -0.324. The summed E-state index contributed by atoms with van der Waals surface area (Å²) in [6, 6.07) is 25.1. The molecule has 0 atom stereocenters. The highest BCUT2D eigenvalue weighted by Gasteiger charge is 2.11. The molecule has 5 nitrogen and oxygen atoms in total. The zero-order chi connectivity index (χ0) is 20.1. The summed E-state index contributed by atoms with van der Waals surface area (Å²) in [7, 11) is 0. The Bertz CT molecular complexity index is 1130. The molecule has 0 fully saturated rings. The molecule has 3 aromatic carbocycles. The van der Waals surface area contributed by atoms with Crippen LogP contribution in [0.25, 0.3) is 22.0 Å². The van der Waals surface area contributed by atoms with Crippen LogP contribution in [0.3, 0.4) is 0 Å². The topological polar surface area (TPSA) is 74.0 Å². The lowest BCUT2D eigenvalue weighted by Gasteiger charge is -2.08. The number of nitrogens with one attached hydrogen (secondary N) is 3. The van der Waals surface area contributed by atoms with Crippen molar-refractivity contribution >= 4 is 22.7 Å². The van der Waals surface area contributed by atoms with Gasteiger partial charge in [0, 0.05) is 35.8 Å². The molecule has 29 heavy (non-hydrogen) atoms. The second kappa shape index (κ2) is 8.44. The normalized spacial score (nSPS) is 10.6. The molecule has 0 aliphatic rings. The highest BCUT2D eigenvalue weighted by atomic mass is 16.2. The number of benzene rings is 3. The number of hydrogen-bond donors (Lipinski definition) is 3. The fraction of sp³-hybridized carbons (Fsp3) is 0.0833. The van der Waals surface area contributed by atoms with Crippen LogP contribution >= 0.6 is 0 Å². The number of carbonyl (C=O) groups is 2. The highest BCUT2D eigenvalue weighted by Crippen LogP contribution is 2.19. The fourth-order valence-electron chi connectivity index (χ4n) is 3.25. The number of rotatable bonds is 6. The first kappa shape index (κ1) is 18.5. The summed E-state index contributed by atoms with van der Waals surface area (Å²) in [5.41, 5.74) is 4.29. The average molecular weight is 383 g/mol. The van der Waals surface area contributed by atoms with Crippen molar-refractivity contribution in [2.75, 3.05) is 13.1 Å². The molecule has 0 spiro atoms. The minimum atomic E-state index is -0.163. The van der Waals surface area contributed by atoms with Gasteiger partial charge in [0.15, 0.2) is 0 Å². The van der Waals surface area contributed by atoms with Crippen LogP contribution in [0.1, 0.15) is 20.7 Å². The van der Waals surface area contributed by atoms with Crippen molar-refractivity contribution in [3.8, 4) is 11.1 Å². The molecule has 144 valence electrons. The second-order valence-electron chi connectivity index (χ2n) is 6.70. The zero-order valence-corrected chi connectivity index (χ0v) is 15.8. The Labute approximate surface area is 168 Å². The van der Waals surface area contributed by atoms with E-state index >= 15 is 0 Å².